The van der Waals surface area contributed by atoms with Crippen molar-refractivity contribution in [2.75, 3.05) is 13.2 Å². The summed E-state index contributed by atoms with van der Waals surface area (Å²) in [5.41, 5.74) is 2.55. The van der Waals surface area contributed by atoms with Crippen LogP contribution in [0.2, 0.25) is 0 Å². The summed E-state index contributed by atoms with van der Waals surface area (Å²) in [6.07, 6.45) is -10.9. The summed E-state index contributed by atoms with van der Waals surface area (Å²) >= 11 is 0. The molecule has 0 aromatic heterocycles. The van der Waals surface area contributed by atoms with Crippen LogP contribution < -0.4 is 5.32 Å². The summed E-state index contributed by atoms with van der Waals surface area (Å²) in [6.45, 7) is 4.06. The van der Waals surface area contributed by atoms with Gasteiger partial charge in [0.2, 0.25) is 5.91 Å². The quantitative estimate of drug-likeness (QED) is 0.151. The number of hydrogen-bond acceptors (Lipinski definition) is 14. The van der Waals surface area contributed by atoms with Gasteiger partial charge in [-0.1, -0.05) is 91.0 Å². The molecule has 56 heavy (non-hydrogen) atoms. The second-order valence-corrected chi connectivity index (χ2v) is 13.4. The summed E-state index contributed by atoms with van der Waals surface area (Å²) in [5.74, 6) is -2.73. The predicted molar refractivity (Wildman–Crippen MR) is 196 cm³/mol. The van der Waals surface area contributed by atoms with E-state index in [1.807, 2.05) is 91.0 Å². The molecule has 3 aromatic carbocycles. The van der Waals surface area contributed by atoms with Gasteiger partial charge in [0.1, 0.15) is 43.2 Å². The predicted octanol–water partition coefficient (Wildman–Crippen LogP) is 3.13. The first-order valence-corrected chi connectivity index (χ1v) is 18.3. The lowest BCUT2D eigenvalue weighted by atomic mass is 9.94. The Morgan fingerprint density at radius 1 is 0.571 bits per heavy atom. The number of aliphatic hydroxyl groups is 1. The van der Waals surface area contributed by atoms with E-state index in [2.05, 4.69) is 5.32 Å². The average Bonchev–Trinajstić information content (AvgIpc) is 3.18. The maximum Gasteiger partial charge on any atom is 0.303 e. The average molecular weight is 780 g/mol. The molecule has 5 rings (SSSR count). The molecule has 3 aromatic rings. The molecule has 302 valence electrons. The van der Waals surface area contributed by atoms with E-state index >= 15 is 0 Å². The second kappa shape index (κ2) is 21.0. The molecule has 2 saturated heterocycles. The maximum absolute atomic E-state index is 12.7. The third kappa shape index (κ3) is 12.1. The topological polar surface area (TPSA) is 184 Å². The SMILES string of the molecule is CC(=O)N[C@H]1[C@H](O[C@H]2[C@H](OCc3ccccc3)[C@@H](OCc3ccccc3)[C@@H](OCc3ccccc3)O[C@@H]2CO)O[C@H](COC(C)=O)[C@H](OC(C)=O)[C@@H]1OC(C)=O. The van der Waals surface area contributed by atoms with Crippen molar-refractivity contribution in [2.24, 2.45) is 0 Å². The highest BCUT2D eigenvalue weighted by Gasteiger charge is 2.55. The van der Waals surface area contributed by atoms with E-state index in [0.717, 1.165) is 30.5 Å². The molecule has 0 radical (unpaired) electrons. The summed E-state index contributed by atoms with van der Waals surface area (Å²) in [6, 6.07) is 27.0. The van der Waals surface area contributed by atoms with Crippen molar-refractivity contribution in [1.82, 2.24) is 5.32 Å². The monoisotopic (exact) mass is 779 g/mol. The van der Waals surface area contributed by atoms with Crippen molar-refractivity contribution in [3.8, 4) is 0 Å². The smallest absolute Gasteiger partial charge is 0.303 e. The zero-order valence-electron chi connectivity index (χ0n) is 31.7. The molecular weight excluding hydrogens is 730 g/mol. The van der Waals surface area contributed by atoms with E-state index < -0.39 is 98.4 Å². The summed E-state index contributed by atoms with van der Waals surface area (Å²) in [7, 11) is 0. The Morgan fingerprint density at radius 2 is 1.05 bits per heavy atom. The van der Waals surface area contributed by atoms with E-state index in [4.69, 9.17) is 42.6 Å². The highest BCUT2D eigenvalue weighted by Crippen LogP contribution is 2.35. The molecule has 1 amide bonds. The number of benzene rings is 3. The van der Waals surface area contributed by atoms with Gasteiger partial charge in [-0.3, -0.25) is 19.2 Å². The van der Waals surface area contributed by atoms with Crippen LogP contribution in [0.3, 0.4) is 0 Å². The number of aliphatic hydroxyl groups excluding tert-OH is 1. The minimum atomic E-state index is -1.49. The van der Waals surface area contributed by atoms with E-state index in [0.29, 0.717) is 0 Å². The van der Waals surface area contributed by atoms with Gasteiger partial charge < -0.3 is 53.1 Å². The van der Waals surface area contributed by atoms with Gasteiger partial charge in [0, 0.05) is 27.7 Å². The number of amides is 1. The van der Waals surface area contributed by atoms with Gasteiger partial charge >= 0.3 is 17.9 Å². The highest BCUT2D eigenvalue weighted by atomic mass is 16.8. The van der Waals surface area contributed by atoms with Crippen LogP contribution in [-0.4, -0.2) is 103 Å². The molecule has 2 aliphatic heterocycles. The van der Waals surface area contributed by atoms with Crippen LogP contribution in [0.5, 0.6) is 0 Å². The molecule has 0 spiro atoms. The fourth-order valence-electron chi connectivity index (χ4n) is 6.54. The van der Waals surface area contributed by atoms with Crippen molar-refractivity contribution in [2.45, 2.75) is 109 Å². The van der Waals surface area contributed by atoms with E-state index in [-0.39, 0.29) is 19.8 Å². The Balaban J connectivity index is 1.55. The first kappa shape index (κ1) is 42.4. The van der Waals surface area contributed by atoms with E-state index in [9.17, 15) is 24.3 Å². The lowest BCUT2D eigenvalue weighted by Gasteiger charge is -2.49. The molecule has 2 aliphatic rings. The number of hydrogen-bond donors (Lipinski definition) is 2. The zero-order valence-corrected chi connectivity index (χ0v) is 31.7. The number of carbonyl (C=O) groups excluding carboxylic acids is 4. The van der Waals surface area contributed by atoms with Crippen molar-refractivity contribution in [1.29, 1.82) is 0 Å². The first-order valence-electron chi connectivity index (χ1n) is 18.3. The van der Waals surface area contributed by atoms with Gasteiger partial charge in [-0.25, -0.2) is 0 Å². The van der Waals surface area contributed by atoms with Crippen LogP contribution in [0.4, 0.5) is 0 Å². The van der Waals surface area contributed by atoms with Crippen molar-refractivity contribution in [3.05, 3.63) is 108 Å². The van der Waals surface area contributed by atoms with E-state index in [1.165, 1.54) is 13.8 Å². The Hall–Kier alpha value is -4.74. The molecule has 0 bridgehead atoms. The van der Waals surface area contributed by atoms with Gasteiger partial charge in [-0.15, -0.1) is 0 Å². The number of carbonyl (C=O) groups is 4. The van der Waals surface area contributed by atoms with Crippen molar-refractivity contribution < 1.29 is 66.9 Å². The van der Waals surface area contributed by atoms with Gasteiger partial charge in [0.05, 0.1) is 26.4 Å². The third-order valence-electron chi connectivity index (χ3n) is 8.96. The maximum atomic E-state index is 12.7. The molecule has 0 aliphatic carbocycles. The second-order valence-electron chi connectivity index (χ2n) is 13.4. The number of nitrogens with one attached hydrogen (secondary N) is 1. The van der Waals surface area contributed by atoms with Crippen molar-refractivity contribution >= 4 is 23.8 Å². The van der Waals surface area contributed by atoms with Crippen LogP contribution in [0, 0.1) is 0 Å². The fourth-order valence-corrected chi connectivity index (χ4v) is 6.54. The largest absolute Gasteiger partial charge is 0.463 e. The molecule has 2 fully saturated rings. The lowest BCUT2D eigenvalue weighted by Crippen LogP contribution is -2.69. The molecule has 15 heteroatoms. The molecule has 15 nitrogen and oxygen atoms in total. The van der Waals surface area contributed by atoms with Crippen LogP contribution >= 0.6 is 0 Å². The fraction of sp³-hybridized carbons (Fsp3) is 0.463. The van der Waals surface area contributed by atoms with Gasteiger partial charge in [-0.05, 0) is 16.7 Å². The van der Waals surface area contributed by atoms with Crippen LogP contribution in [0.25, 0.3) is 0 Å². The first-order chi connectivity index (χ1) is 27.0. The number of rotatable bonds is 17. The molecule has 10 atom stereocenters. The molecule has 2 heterocycles. The van der Waals surface area contributed by atoms with Crippen LogP contribution in [0.1, 0.15) is 44.4 Å². The lowest BCUT2D eigenvalue weighted by molar-refractivity contribution is -0.359. The van der Waals surface area contributed by atoms with Crippen LogP contribution in [-0.2, 0) is 81.6 Å². The normalized spacial score (nSPS) is 27.4. The zero-order chi connectivity index (χ0) is 40.0. The van der Waals surface area contributed by atoms with Crippen LogP contribution in [0.15, 0.2) is 91.0 Å². The summed E-state index contributed by atoms with van der Waals surface area (Å²) < 4.78 is 55.5. The number of ether oxygens (including phenoxy) is 9. The molecule has 0 saturated carbocycles. The molecule has 2 N–H and O–H groups in total. The third-order valence-corrected chi connectivity index (χ3v) is 8.96. The van der Waals surface area contributed by atoms with Gasteiger partial charge in [-0.2, -0.15) is 0 Å². The Labute approximate surface area is 325 Å². The Bertz CT molecular complexity index is 1700. The summed E-state index contributed by atoms with van der Waals surface area (Å²) in [4.78, 5) is 49.4. The number of esters is 3. The summed E-state index contributed by atoms with van der Waals surface area (Å²) in [5, 5.41) is 13.6. The highest BCUT2D eigenvalue weighted by molar-refractivity contribution is 5.73. The standard InChI is InChI=1S/C41H49NO14/c1-25(44)42-34-37(53-28(4)47)36(52-27(3)46)33(24-48-26(2)45)55-40(34)56-35-32(20-43)54-41(51-23-31-18-12-7-13-19-31)39(50-22-30-16-10-6-11-17-30)38(35)49-21-29-14-8-5-9-15-29/h5-19,32-41,43H,20-24H2,1-4H3,(H,42,44)/t32-,33-,34-,35-,36+,37-,38+,39-,40+,41+/m1/s1. The minimum Gasteiger partial charge on any atom is -0.463 e. The molecular formula is C41H49NO14. The molecule has 0 unspecified atom stereocenters. The Morgan fingerprint density at radius 3 is 1.54 bits per heavy atom. The Kier molecular flexibility index (Phi) is 15.9. The minimum absolute atomic E-state index is 0.0838. The van der Waals surface area contributed by atoms with Gasteiger partial charge in [0.25, 0.3) is 0 Å². The van der Waals surface area contributed by atoms with E-state index in [1.54, 1.807) is 0 Å². The van der Waals surface area contributed by atoms with Gasteiger partial charge in [0.15, 0.2) is 24.8 Å². The van der Waals surface area contributed by atoms with Crippen molar-refractivity contribution in [3.63, 3.8) is 0 Å².